The minimum Gasteiger partial charge on any atom is -0.485 e. The van der Waals surface area contributed by atoms with Crippen LogP contribution in [0.1, 0.15) is 12.1 Å². The summed E-state index contributed by atoms with van der Waals surface area (Å²) in [5.41, 5.74) is 0.575. The molecule has 0 bridgehead atoms. The van der Waals surface area contributed by atoms with Gasteiger partial charge in [-0.05, 0) is 22.0 Å². The van der Waals surface area contributed by atoms with Crippen LogP contribution in [0.5, 0.6) is 5.75 Å². The Morgan fingerprint density at radius 1 is 1.67 bits per heavy atom. The van der Waals surface area contributed by atoms with Gasteiger partial charge in [0.2, 0.25) is 5.75 Å². The van der Waals surface area contributed by atoms with Gasteiger partial charge in [-0.1, -0.05) is 0 Å². The number of pyridine rings is 1. The number of terminal acetylenes is 1. The first-order chi connectivity index (χ1) is 7.15. The second kappa shape index (κ2) is 4.96. The van der Waals surface area contributed by atoms with E-state index in [1.54, 1.807) is 13.0 Å². The van der Waals surface area contributed by atoms with Crippen molar-refractivity contribution >= 4 is 5.82 Å². The maximum Gasteiger partial charge on any atom is 0.406 e. The zero-order valence-electron chi connectivity index (χ0n) is 8.27. The van der Waals surface area contributed by atoms with Crippen LogP contribution in [0.2, 0.25) is 0 Å². The zero-order valence-corrected chi connectivity index (χ0v) is 8.27. The van der Waals surface area contributed by atoms with Crippen molar-refractivity contribution in [3.63, 3.8) is 0 Å². The highest BCUT2D eigenvalue weighted by atomic mass is 16.6. The number of rotatable bonds is 4. The lowest BCUT2D eigenvalue weighted by Crippen LogP contribution is -2.02. The molecule has 1 rings (SSSR count). The summed E-state index contributed by atoms with van der Waals surface area (Å²) in [4.78, 5) is 13.8. The van der Waals surface area contributed by atoms with Gasteiger partial charge in [0.1, 0.15) is 5.69 Å². The van der Waals surface area contributed by atoms with Crippen LogP contribution < -0.4 is 4.74 Å². The summed E-state index contributed by atoms with van der Waals surface area (Å²) in [6, 6.07) is 3.18. The molecule has 0 aliphatic carbocycles. The van der Waals surface area contributed by atoms with Crippen molar-refractivity contribution in [2.75, 3.05) is 6.61 Å². The molecule has 15 heavy (non-hydrogen) atoms. The number of hydrogen-bond donors (Lipinski definition) is 0. The van der Waals surface area contributed by atoms with E-state index < -0.39 is 4.92 Å². The van der Waals surface area contributed by atoms with Gasteiger partial charge in [-0.3, -0.25) is 0 Å². The van der Waals surface area contributed by atoms with E-state index in [0.717, 1.165) is 0 Å². The van der Waals surface area contributed by atoms with E-state index in [1.165, 1.54) is 6.07 Å². The Bertz CT molecular complexity index is 410. The van der Waals surface area contributed by atoms with Crippen molar-refractivity contribution < 1.29 is 9.66 Å². The number of aryl methyl sites for hydroxylation is 1. The lowest BCUT2D eigenvalue weighted by molar-refractivity contribution is -0.390. The molecule has 1 aromatic rings. The summed E-state index contributed by atoms with van der Waals surface area (Å²) in [5, 5.41) is 10.6. The van der Waals surface area contributed by atoms with Crippen molar-refractivity contribution in [2.24, 2.45) is 0 Å². The molecular formula is C10H10N2O3. The average molecular weight is 206 g/mol. The molecule has 1 aromatic heterocycles. The number of hydrogen-bond acceptors (Lipinski definition) is 4. The molecule has 0 atom stereocenters. The Balaban J connectivity index is 2.87. The van der Waals surface area contributed by atoms with Crippen molar-refractivity contribution in [3.05, 3.63) is 27.9 Å². The minimum atomic E-state index is -0.571. The zero-order chi connectivity index (χ0) is 11.3. The molecular weight excluding hydrogens is 196 g/mol. The first-order valence-electron chi connectivity index (χ1n) is 4.33. The van der Waals surface area contributed by atoms with E-state index in [2.05, 4.69) is 10.9 Å². The molecule has 5 heteroatoms. The van der Waals surface area contributed by atoms with Gasteiger partial charge in [-0.2, -0.15) is 0 Å². The van der Waals surface area contributed by atoms with Crippen LogP contribution in [0.4, 0.5) is 5.82 Å². The molecule has 5 nitrogen and oxygen atoms in total. The van der Waals surface area contributed by atoms with Gasteiger partial charge in [0, 0.05) is 13.3 Å². The second-order valence-electron chi connectivity index (χ2n) is 2.83. The smallest absolute Gasteiger partial charge is 0.406 e. The van der Waals surface area contributed by atoms with E-state index >= 15 is 0 Å². The van der Waals surface area contributed by atoms with Crippen molar-refractivity contribution in [1.82, 2.24) is 4.98 Å². The van der Waals surface area contributed by atoms with Crippen LogP contribution >= 0.6 is 0 Å². The molecule has 0 aliphatic rings. The molecule has 0 amide bonds. The maximum absolute atomic E-state index is 10.6. The molecule has 0 spiro atoms. The largest absolute Gasteiger partial charge is 0.485 e. The van der Waals surface area contributed by atoms with E-state index in [1.807, 2.05) is 0 Å². The van der Waals surface area contributed by atoms with Crippen molar-refractivity contribution in [3.8, 4) is 18.1 Å². The highest BCUT2D eigenvalue weighted by molar-refractivity contribution is 5.40. The third kappa shape index (κ3) is 2.95. The summed E-state index contributed by atoms with van der Waals surface area (Å²) in [7, 11) is 0. The molecule has 0 fully saturated rings. The molecule has 0 unspecified atom stereocenters. The fraction of sp³-hybridized carbons (Fsp3) is 0.300. The van der Waals surface area contributed by atoms with Crippen molar-refractivity contribution in [2.45, 2.75) is 13.3 Å². The third-order valence-corrected chi connectivity index (χ3v) is 1.66. The topological polar surface area (TPSA) is 65.3 Å². The van der Waals surface area contributed by atoms with E-state index in [0.29, 0.717) is 12.1 Å². The number of ether oxygens (including phenoxy) is 1. The minimum absolute atomic E-state index is 0.154. The maximum atomic E-state index is 10.6. The number of nitrogens with zero attached hydrogens (tertiary/aromatic N) is 2. The summed E-state index contributed by atoms with van der Waals surface area (Å²) in [6.45, 7) is 1.93. The Morgan fingerprint density at radius 2 is 2.40 bits per heavy atom. The van der Waals surface area contributed by atoms with Crippen LogP contribution in [0.15, 0.2) is 12.1 Å². The summed E-state index contributed by atoms with van der Waals surface area (Å²) < 4.78 is 5.15. The Kier molecular flexibility index (Phi) is 3.63. The predicted molar refractivity (Wildman–Crippen MR) is 54.6 cm³/mol. The Hall–Kier alpha value is -2.09. The van der Waals surface area contributed by atoms with Gasteiger partial charge < -0.3 is 14.9 Å². The van der Waals surface area contributed by atoms with Gasteiger partial charge in [0.15, 0.2) is 0 Å². The van der Waals surface area contributed by atoms with E-state index in [4.69, 9.17) is 11.2 Å². The van der Waals surface area contributed by atoms with E-state index in [-0.39, 0.29) is 18.2 Å². The van der Waals surface area contributed by atoms with Crippen LogP contribution in [0.25, 0.3) is 0 Å². The Labute approximate surface area is 87.2 Å². The van der Waals surface area contributed by atoms with Crippen LogP contribution in [0.3, 0.4) is 0 Å². The number of aromatic nitrogens is 1. The lowest BCUT2D eigenvalue weighted by Gasteiger charge is -2.03. The highest BCUT2D eigenvalue weighted by Gasteiger charge is 2.16. The normalized spacial score (nSPS) is 9.33. The fourth-order valence-electron chi connectivity index (χ4n) is 0.994. The third-order valence-electron chi connectivity index (χ3n) is 1.66. The molecule has 0 saturated heterocycles. The molecule has 78 valence electrons. The highest BCUT2D eigenvalue weighted by Crippen LogP contribution is 2.24. The first-order valence-corrected chi connectivity index (χ1v) is 4.33. The van der Waals surface area contributed by atoms with Crippen molar-refractivity contribution in [1.29, 1.82) is 0 Å². The van der Waals surface area contributed by atoms with Crippen LogP contribution in [0, 0.1) is 29.4 Å². The summed E-state index contributed by atoms with van der Waals surface area (Å²) in [5.74, 6) is 2.27. The lowest BCUT2D eigenvalue weighted by atomic mass is 10.3. The summed E-state index contributed by atoms with van der Waals surface area (Å²) >= 11 is 0. The molecule has 0 radical (unpaired) electrons. The van der Waals surface area contributed by atoms with Gasteiger partial charge in [-0.15, -0.1) is 12.3 Å². The predicted octanol–water partition coefficient (Wildman–Crippen LogP) is 1.70. The fourth-order valence-corrected chi connectivity index (χ4v) is 0.994. The second-order valence-corrected chi connectivity index (χ2v) is 2.83. The van der Waals surface area contributed by atoms with Crippen LogP contribution in [-0.2, 0) is 0 Å². The molecule has 0 aliphatic heterocycles. The standard InChI is InChI=1S/C10H10N2O3/c1-3-4-7-15-9-6-5-8(2)11-10(9)12(13)14/h1,5-6H,4,7H2,2H3. The SMILES string of the molecule is C#CCCOc1ccc(C)nc1[N+](=O)[O-]. The molecule has 0 N–H and O–H groups in total. The number of nitro groups is 1. The average Bonchev–Trinajstić information content (AvgIpc) is 2.20. The molecule has 0 aromatic carbocycles. The first kappa shape index (κ1) is 11.0. The van der Waals surface area contributed by atoms with E-state index in [9.17, 15) is 10.1 Å². The monoisotopic (exact) mass is 206 g/mol. The van der Waals surface area contributed by atoms with Gasteiger partial charge in [-0.25, -0.2) is 0 Å². The molecule has 1 heterocycles. The van der Waals surface area contributed by atoms with Gasteiger partial charge in [0.05, 0.1) is 6.61 Å². The van der Waals surface area contributed by atoms with Gasteiger partial charge in [0.25, 0.3) is 0 Å². The quantitative estimate of drug-likeness (QED) is 0.325. The summed E-state index contributed by atoms with van der Waals surface area (Å²) in [6.07, 6.45) is 5.44. The molecule has 0 saturated carbocycles. The Morgan fingerprint density at radius 3 is 3.00 bits per heavy atom. The van der Waals surface area contributed by atoms with Crippen LogP contribution in [-0.4, -0.2) is 16.5 Å². The van der Waals surface area contributed by atoms with Gasteiger partial charge >= 0.3 is 5.82 Å².